The summed E-state index contributed by atoms with van der Waals surface area (Å²) in [5.74, 6) is 0. The highest BCUT2D eigenvalue weighted by Gasteiger charge is 2.07. The van der Waals surface area contributed by atoms with Crippen LogP contribution in [0, 0.1) is 0 Å². The van der Waals surface area contributed by atoms with E-state index in [1.54, 1.807) is 11.3 Å². The molecule has 0 spiro atoms. The average molecular weight is 236 g/mol. The Morgan fingerprint density at radius 3 is 2.91 bits per heavy atom. The van der Waals surface area contributed by atoms with Crippen molar-refractivity contribution >= 4 is 27.3 Å². The van der Waals surface area contributed by atoms with E-state index in [1.807, 2.05) is 19.2 Å². The first-order chi connectivity index (χ1) is 5.24. The van der Waals surface area contributed by atoms with Gasteiger partial charge in [-0.15, -0.1) is 11.3 Å². The summed E-state index contributed by atoms with van der Waals surface area (Å²) in [6.45, 7) is 0.604. The maximum absolute atomic E-state index is 9.46. The summed E-state index contributed by atoms with van der Waals surface area (Å²) in [6, 6.07) is 3.87. The molecule has 1 rings (SSSR count). The average Bonchev–Trinajstić information content (AvgIpc) is 2.36. The molecular weight excluding hydrogens is 226 g/mol. The molecule has 0 aliphatic carbocycles. The molecule has 1 heterocycles. The van der Waals surface area contributed by atoms with Gasteiger partial charge in [0, 0.05) is 11.4 Å². The number of likely N-dealkylation sites (N-methyl/N-ethyl adjacent to an activating group) is 1. The van der Waals surface area contributed by atoms with E-state index in [-0.39, 0.29) is 6.10 Å². The number of halogens is 1. The molecule has 62 valence electrons. The second kappa shape index (κ2) is 4.21. The molecule has 2 N–H and O–H groups in total. The van der Waals surface area contributed by atoms with Crippen LogP contribution in [0.2, 0.25) is 0 Å². The van der Waals surface area contributed by atoms with E-state index in [0.717, 1.165) is 8.66 Å². The van der Waals surface area contributed by atoms with Crippen molar-refractivity contribution in [2.75, 3.05) is 13.6 Å². The SMILES string of the molecule is CNCC(O)c1ccc(Br)s1. The molecule has 4 heteroatoms. The molecule has 0 saturated heterocycles. The molecule has 2 nitrogen and oxygen atoms in total. The van der Waals surface area contributed by atoms with Crippen molar-refractivity contribution in [3.05, 3.63) is 20.8 Å². The third kappa shape index (κ3) is 2.56. The lowest BCUT2D eigenvalue weighted by atomic mass is 10.3. The second-order valence-electron chi connectivity index (χ2n) is 2.22. The first-order valence-electron chi connectivity index (χ1n) is 3.32. The largest absolute Gasteiger partial charge is 0.386 e. The van der Waals surface area contributed by atoms with E-state index in [1.165, 1.54) is 0 Å². The fraction of sp³-hybridized carbons (Fsp3) is 0.429. The van der Waals surface area contributed by atoms with Gasteiger partial charge in [-0.2, -0.15) is 0 Å². The van der Waals surface area contributed by atoms with Crippen LogP contribution < -0.4 is 5.32 Å². The highest BCUT2D eigenvalue weighted by molar-refractivity contribution is 9.11. The minimum atomic E-state index is -0.378. The van der Waals surface area contributed by atoms with Gasteiger partial charge in [0.2, 0.25) is 0 Å². The van der Waals surface area contributed by atoms with E-state index in [0.29, 0.717) is 6.54 Å². The summed E-state index contributed by atoms with van der Waals surface area (Å²) >= 11 is 4.90. The standard InChI is InChI=1S/C7H10BrNOS/c1-9-4-5(10)6-2-3-7(8)11-6/h2-3,5,9-10H,4H2,1H3. The van der Waals surface area contributed by atoms with Crippen LogP contribution in [0.1, 0.15) is 11.0 Å². The maximum atomic E-state index is 9.46. The number of nitrogens with one attached hydrogen (secondary N) is 1. The zero-order valence-electron chi connectivity index (χ0n) is 6.17. The number of aliphatic hydroxyl groups excluding tert-OH is 1. The van der Waals surface area contributed by atoms with Gasteiger partial charge >= 0.3 is 0 Å². The highest BCUT2D eigenvalue weighted by Crippen LogP contribution is 2.26. The van der Waals surface area contributed by atoms with Crippen molar-refractivity contribution in [2.45, 2.75) is 6.10 Å². The fourth-order valence-electron chi connectivity index (χ4n) is 0.801. The van der Waals surface area contributed by atoms with Gasteiger partial charge in [-0.1, -0.05) is 0 Å². The van der Waals surface area contributed by atoms with Gasteiger partial charge in [-0.3, -0.25) is 0 Å². The Kier molecular flexibility index (Phi) is 3.51. The molecule has 0 amide bonds. The van der Waals surface area contributed by atoms with Gasteiger partial charge in [0.05, 0.1) is 3.79 Å². The Morgan fingerprint density at radius 1 is 1.73 bits per heavy atom. The molecular formula is C7H10BrNOS. The predicted molar refractivity (Wildman–Crippen MR) is 50.9 cm³/mol. The van der Waals surface area contributed by atoms with Crippen molar-refractivity contribution in [3.8, 4) is 0 Å². The maximum Gasteiger partial charge on any atom is 0.101 e. The molecule has 0 radical (unpaired) electrons. The smallest absolute Gasteiger partial charge is 0.101 e. The van der Waals surface area contributed by atoms with E-state index in [9.17, 15) is 5.11 Å². The molecule has 0 aliphatic rings. The van der Waals surface area contributed by atoms with Gasteiger partial charge in [-0.05, 0) is 35.1 Å². The van der Waals surface area contributed by atoms with E-state index >= 15 is 0 Å². The lowest BCUT2D eigenvalue weighted by Crippen LogP contribution is -2.15. The summed E-state index contributed by atoms with van der Waals surface area (Å²) in [7, 11) is 1.83. The lowest BCUT2D eigenvalue weighted by molar-refractivity contribution is 0.181. The Hall–Kier alpha value is 0.1000. The van der Waals surface area contributed by atoms with Gasteiger partial charge in [0.1, 0.15) is 6.10 Å². The zero-order chi connectivity index (χ0) is 8.27. The summed E-state index contributed by atoms with van der Waals surface area (Å²) in [6.07, 6.45) is -0.378. The van der Waals surface area contributed by atoms with Crippen LogP contribution >= 0.6 is 27.3 Å². The van der Waals surface area contributed by atoms with E-state index in [4.69, 9.17) is 0 Å². The number of thiophene rings is 1. The summed E-state index contributed by atoms with van der Waals surface area (Å²) in [5, 5.41) is 12.4. The monoisotopic (exact) mass is 235 g/mol. The van der Waals surface area contributed by atoms with Gasteiger partial charge in [0.15, 0.2) is 0 Å². The van der Waals surface area contributed by atoms with Crippen molar-refractivity contribution in [3.63, 3.8) is 0 Å². The van der Waals surface area contributed by atoms with Crippen molar-refractivity contribution in [1.82, 2.24) is 5.32 Å². The molecule has 1 atom stereocenters. The minimum Gasteiger partial charge on any atom is -0.386 e. The van der Waals surface area contributed by atoms with Crippen LogP contribution in [-0.2, 0) is 0 Å². The number of hydrogen-bond acceptors (Lipinski definition) is 3. The van der Waals surface area contributed by atoms with Crippen LogP contribution in [0.5, 0.6) is 0 Å². The van der Waals surface area contributed by atoms with Crippen LogP contribution in [0.25, 0.3) is 0 Å². The van der Waals surface area contributed by atoms with Gasteiger partial charge < -0.3 is 10.4 Å². The molecule has 11 heavy (non-hydrogen) atoms. The first-order valence-corrected chi connectivity index (χ1v) is 4.93. The van der Waals surface area contributed by atoms with Crippen LogP contribution in [-0.4, -0.2) is 18.7 Å². The normalized spacial score (nSPS) is 13.4. The first kappa shape index (κ1) is 9.19. The summed E-state index contributed by atoms with van der Waals surface area (Å²) in [5.41, 5.74) is 0. The molecule has 0 bridgehead atoms. The molecule has 0 aliphatic heterocycles. The van der Waals surface area contributed by atoms with Crippen molar-refractivity contribution < 1.29 is 5.11 Å². The highest BCUT2D eigenvalue weighted by atomic mass is 79.9. The number of aliphatic hydroxyl groups is 1. The molecule has 1 aromatic rings. The topological polar surface area (TPSA) is 32.3 Å². The molecule has 0 saturated carbocycles. The van der Waals surface area contributed by atoms with Crippen molar-refractivity contribution in [2.24, 2.45) is 0 Å². The van der Waals surface area contributed by atoms with Gasteiger partial charge in [-0.25, -0.2) is 0 Å². The third-order valence-electron chi connectivity index (χ3n) is 1.32. The second-order valence-corrected chi connectivity index (χ2v) is 4.71. The Balaban J connectivity index is 2.60. The number of hydrogen-bond donors (Lipinski definition) is 2. The minimum absolute atomic E-state index is 0.378. The lowest BCUT2D eigenvalue weighted by Gasteiger charge is -2.05. The summed E-state index contributed by atoms with van der Waals surface area (Å²) < 4.78 is 1.06. The van der Waals surface area contributed by atoms with E-state index in [2.05, 4.69) is 21.2 Å². The Labute approximate surface area is 78.4 Å². The fourth-order valence-corrected chi connectivity index (χ4v) is 2.21. The van der Waals surface area contributed by atoms with Crippen LogP contribution in [0.15, 0.2) is 15.9 Å². The predicted octanol–water partition coefficient (Wildman–Crippen LogP) is 1.76. The molecule has 0 fully saturated rings. The zero-order valence-corrected chi connectivity index (χ0v) is 8.58. The summed E-state index contributed by atoms with van der Waals surface area (Å²) in [4.78, 5) is 0.992. The third-order valence-corrected chi connectivity index (χ3v) is 3.04. The Morgan fingerprint density at radius 2 is 2.45 bits per heavy atom. The van der Waals surface area contributed by atoms with Crippen LogP contribution in [0.4, 0.5) is 0 Å². The Bertz CT molecular complexity index is 226. The molecule has 1 unspecified atom stereocenters. The molecule has 1 aromatic heterocycles. The molecule has 0 aromatic carbocycles. The van der Waals surface area contributed by atoms with E-state index < -0.39 is 0 Å². The van der Waals surface area contributed by atoms with Crippen molar-refractivity contribution in [1.29, 1.82) is 0 Å². The quantitative estimate of drug-likeness (QED) is 0.838. The van der Waals surface area contributed by atoms with Gasteiger partial charge in [0.25, 0.3) is 0 Å². The van der Waals surface area contributed by atoms with Crippen LogP contribution in [0.3, 0.4) is 0 Å². The number of rotatable bonds is 3.